The molecule has 0 aromatic heterocycles. The maximum atomic E-state index is 11.9. The Kier molecular flexibility index (Phi) is 14.4. The molecule has 0 radical (unpaired) electrons. The molecule has 2 aliphatic heterocycles. The number of carbonyl (C=O) groups excluding carboxylic acids is 1. The standard InChI is InChI=1S/C13H18N2O4S.C5H12N2O2S.CH4O.CH4/c14-20(17,18)12-7-4-8-15(9-12)13(16)19-10-11-5-2-1-3-6-11;6-10(8,9)5-2-1-3-7-4-5;1-2;/h1-3,5-6,12H,4,7-10H2,(H2,14,17,18);5,7H,1-4H2,(H2,6,8,9);2H,1H3;1H4. The fourth-order valence-electron chi connectivity index (χ4n) is 3.28. The van der Waals surface area contributed by atoms with E-state index in [1.807, 2.05) is 30.3 Å². The van der Waals surface area contributed by atoms with Gasteiger partial charge in [0.2, 0.25) is 20.0 Å². The van der Waals surface area contributed by atoms with E-state index in [-0.39, 0.29) is 25.8 Å². The molecule has 0 saturated carbocycles. The monoisotopic (exact) mass is 510 g/mol. The fourth-order valence-corrected chi connectivity index (χ4v) is 5.01. The quantitative estimate of drug-likeness (QED) is 0.447. The molecule has 192 valence electrons. The maximum absolute atomic E-state index is 11.9. The van der Waals surface area contributed by atoms with Gasteiger partial charge < -0.3 is 20.1 Å². The van der Waals surface area contributed by atoms with Gasteiger partial charge in [0.1, 0.15) is 6.61 Å². The second kappa shape index (κ2) is 15.2. The van der Waals surface area contributed by atoms with E-state index in [9.17, 15) is 21.6 Å². The van der Waals surface area contributed by atoms with Gasteiger partial charge in [0, 0.05) is 26.7 Å². The third kappa shape index (κ3) is 11.8. The van der Waals surface area contributed by atoms with Crippen LogP contribution in [0.5, 0.6) is 0 Å². The highest BCUT2D eigenvalue weighted by Crippen LogP contribution is 2.16. The third-order valence-corrected chi connectivity index (χ3v) is 7.67. The average molecular weight is 511 g/mol. The number of nitrogens with one attached hydrogen (secondary N) is 1. The van der Waals surface area contributed by atoms with Gasteiger partial charge >= 0.3 is 6.09 Å². The molecule has 6 N–H and O–H groups in total. The van der Waals surface area contributed by atoms with E-state index in [1.54, 1.807) is 0 Å². The zero-order valence-corrected chi connectivity index (χ0v) is 19.9. The molecule has 3 rings (SSSR count). The number of primary sulfonamides is 2. The van der Waals surface area contributed by atoms with Crippen LogP contribution >= 0.6 is 0 Å². The summed E-state index contributed by atoms with van der Waals surface area (Å²) in [5, 5.41) is 19.0. The lowest BCUT2D eigenvalue weighted by Gasteiger charge is -2.30. The number of sulfonamides is 2. The number of hydrogen-bond donors (Lipinski definition) is 4. The molecule has 2 atom stereocenters. The molecule has 2 heterocycles. The van der Waals surface area contributed by atoms with Crippen molar-refractivity contribution < 1.29 is 31.5 Å². The van der Waals surface area contributed by atoms with Crippen molar-refractivity contribution in [3.8, 4) is 0 Å². The molecule has 11 nitrogen and oxygen atoms in total. The van der Waals surface area contributed by atoms with E-state index in [0.29, 0.717) is 32.4 Å². The van der Waals surface area contributed by atoms with Crippen molar-refractivity contribution in [1.29, 1.82) is 0 Å². The van der Waals surface area contributed by atoms with Gasteiger partial charge in [0.15, 0.2) is 0 Å². The molecule has 0 bridgehead atoms. The topological polar surface area (TPSA) is 182 Å². The molecule has 2 aliphatic rings. The van der Waals surface area contributed by atoms with Crippen LogP contribution in [0, 0.1) is 0 Å². The highest BCUT2D eigenvalue weighted by atomic mass is 32.2. The fraction of sp³-hybridized carbons (Fsp3) is 0.650. The van der Waals surface area contributed by atoms with E-state index >= 15 is 0 Å². The van der Waals surface area contributed by atoms with Gasteiger partial charge in [0.05, 0.1) is 10.5 Å². The minimum atomic E-state index is -3.61. The normalized spacial score (nSPS) is 20.7. The first-order chi connectivity index (χ1) is 15.1. The van der Waals surface area contributed by atoms with Gasteiger partial charge in [-0.1, -0.05) is 37.8 Å². The number of benzene rings is 1. The first-order valence-electron chi connectivity index (χ1n) is 10.2. The minimum absolute atomic E-state index is 0. The number of aliphatic hydroxyl groups excluding tert-OH is 1. The second-order valence-corrected chi connectivity index (χ2v) is 11.1. The van der Waals surface area contributed by atoms with Crippen LogP contribution in [0.15, 0.2) is 30.3 Å². The van der Waals surface area contributed by atoms with Crippen molar-refractivity contribution in [2.24, 2.45) is 10.3 Å². The summed E-state index contributed by atoms with van der Waals surface area (Å²) in [5.74, 6) is 0. The molecular weight excluding hydrogens is 472 g/mol. The number of hydrogen-bond acceptors (Lipinski definition) is 8. The first-order valence-corrected chi connectivity index (χ1v) is 13.4. The zero-order chi connectivity index (χ0) is 24.2. The molecule has 1 aromatic carbocycles. The van der Waals surface area contributed by atoms with Gasteiger partial charge in [-0.25, -0.2) is 31.9 Å². The van der Waals surface area contributed by atoms with E-state index in [1.165, 1.54) is 4.90 Å². The molecule has 2 saturated heterocycles. The Morgan fingerprint density at radius 2 is 1.64 bits per heavy atom. The Bertz CT molecular complexity index is 890. The predicted octanol–water partition coefficient (Wildman–Crippen LogP) is 0.348. The van der Waals surface area contributed by atoms with E-state index < -0.39 is 31.4 Å². The molecule has 1 aromatic rings. The second-order valence-electron chi connectivity index (χ2n) is 7.40. The molecule has 0 aliphatic carbocycles. The van der Waals surface area contributed by atoms with Crippen LogP contribution in [-0.4, -0.2) is 76.7 Å². The maximum Gasteiger partial charge on any atom is 0.410 e. The van der Waals surface area contributed by atoms with Gasteiger partial charge in [-0.2, -0.15) is 0 Å². The Balaban J connectivity index is 0.000000666. The summed E-state index contributed by atoms with van der Waals surface area (Å²) >= 11 is 0. The summed E-state index contributed by atoms with van der Waals surface area (Å²) in [6.07, 6.45) is 2.21. The van der Waals surface area contributed by atoms with Crippen LogP contribution in [-0.2, 0) is 31.4 Å². The summed E-state index contributed by atoms with van der Waals surface area (Å²) in [4.78, 5) is 13.3. The van der Waals surface area contributed by atoms with Crippen LogP contribution in [0.3, 0.4) is 0 Å². The summed E-state index contributed by atoms with van der Waals surface area (Å²) in [5.41, 5.74) is 0.890. The first kappa shape index (κ1) is 31.2. The van der Waals surface area contributed by atoms with Gasteiger partial charge in [0.25, 0.3) is 0 Å². The smallest absolute Gasteiger partial charge is 0.410 e. The van der Waals surface area contributed by atoms with Crippen molar-refractivity contribution in [1.82, 2.24) is 10.2 Å². The third-order valence-electron chi connectivity index (χ3n) is 5.02. The minimum Gasteiger partial charge on any atom is -0.445 e. The lowest BCUT2D eigenvalue weighted by molar-refractivity contribution is 0.0899. The number of nitrogens with two attached hydrogens (primary N) is 2. The number of carbonyl (C=O) groups is 1. The number of rotatable bonds is 4. The van der Waals surface area contributed by atoms with Gasteiger partial charge in [-0.3, -0.25) is 0 Å². The highest BCUT2D eigenvalue weighted by Gasteiger charge is 2.31. The predicted molar refractivity (Wildman–Crippen MR) is 128 cm³/mol. The van der Waals surface area contributed by atoms with E-state index in [0.717, 1.165) is 25.6 Å². The number of likely N-dealkylation sites (tertiary alicyclic amines) is 1. The van der Waals surface area contributed by atoms with Gasteiger partial charge in [-0.05, 0) is 37.8 Å². The number of aliphatic hydroxyl groups is 1. The SMILES string of the molecule is C.CO.NS(=O)(=O)C1CCCN(C(=O)OCc2ccccc2)C1.NS(=O)(=O)C1CCCNC1. The van der Waals surface area contributed by atoms with Crippen molar-refractivity contribution in [3.05, 3.63) is 35.9 Å². The summed E-state index contributed by atoms with van der Waals surface area (Å²) < 4.78 is 49.3. The summed E-state index contributed by atoms with van der Waals surface area (Å²) in [6, 6.07) is 9.32. The molecule has 0 spiro atoms. The van der Waals surface area contributed by atoms with Crippen molar-refractivity contribution in [2.75, 3.05) is 33.3 Å². The molecule has 2 fully saturated rings. The van der Waals surface area contributed by atoms with Gasteiger partial charge in [-0.15, -0.1) is 0 Å². The number of piperidine rings is 2. The van der Waals surface area contributed by atoms with Crippen LogP contribution in [0.1, 0.15) is 38.7 Å². The molecule has 1 amide bonds. The Labute approximate surface area is 197 Å². The highest BCUT2D eigenvalue weighted by molar-refractivity contribution is 7.90. The van der Waals surface area contributed by atoms with Crippen LogP contribution in [0.25, 0.3) is 0 Å². The summed E-state index contributed by atoms with van der Waals surface area (Å²) in [6.45, 7) is 2.20. The van der Waals surface area contributed by atoms with E-state index in [4.69, 9.17) is 20.1 Å². The van der Waals surface area contributed by atoms with Crippen molar-refractivity contribution in [2.45, 2.75) is 50.2 Å². The number of amides is 1. The van der Waals surface area contributed by atoms with E-state index in [2.05, 4.69) is 5.32 Å². The average Bonchev–Trinajstić information content (AvgIpc) is 2.79. The Morgan fingerprint density at radius 3 is 2.12 bits per heavy atom. The largest absolute Gasteiger partial charge is 0.445 e. The van der Waals surface area contributed by atoms with Crippen molar-refractivity contribution >= 4 is 26.1 Å². The number of nitrogens with zero attached hydrogens (tertiary/aromatic N) is 1. The molecule has 33 heavy (non-hydrogen) atoms. The van der Waals surface area contributed by atoms with Crippen molar-refractivity contribution in [3.63, 3.8) is 0 Å². The lowest BCUT2D eigenvalue weighted by atomic mass is 10.1. The van der Waals surface area contributed by atoms with Crippen LogP contribution in [0.4, 0.5) is 4.79 Å². The molecule has 2 unspecified atom stereocenters. The molecular formula is C20H38N4O7S2. The lowest BCUT2D eigenvalue weighted by Crippen LogP contribution is -2.47. The summed E-state index contributed by atoms with van der Waals surface area (Å²) in [7, 11) is -5.90. The van der Waals surface area contributed by atoms with Crippen LogP contribution < -0.4 is 15.6 Å². The molecule has 13 heteroatoms. The Morgan fingerprint density at radius 1 is 1.06 bits per heavy atom. The van der Waals surface area contributed by atoms with Crippen LogP contribution in [0.2, 0.25) is 0 Å². The zero-order valence-electron chi connectivity index (χ0n) is 18.2. The number of ether oxygens (including phenoxy) is 1. The Hall–Kier alpha value is -1.77.